The summed E-state index contributed by atoms with van der Waals surface area (Å²) in [4.78, 5) is 23.0. The van der Waals surface area contributed by atoms with E-state index >= 15 is 0 Å². The summed E-state index contributed by atoms with van der Waals surface area (Å²) in [6.07, 6.45) is 6.79. The van der Waals surface area contributed by atoms with E-state index in [1.165, 1.54) is 25.3 Å². The van der Waals surface area contributed by atoms with Crippen LogP contribution in [0.5, 0.6) is 5.75 Å². The van der Waals surface area contributed by atoms with Crippen LogP contribution < -0.4 is 15.4 Å². The Morgan fingerprint density at radius 3 is 2.71 bits per heavy atom. The lowest BCUT2D eigenvalue weighted by Crippen LogP contribution is -2.37. The number of terminal acetylenes is 1. The smallest absolute Gasteiger partial charge is 0.337 e. The summed E-state index contributed by atoms with van der Waals surface area (Å²) in [5.74, 6) is 1.77. The highest BCUT2D eigenvalue weighted by Gasteiger charge is 2.15. The normalized spacial score (nSPS) is 11.1. The largest absolute Gasteiger partial charge is 0.497 e. The van der Waals surface area contributed by atoms with Crippen molar-refractivity contribution < 1.29 is 19.4 Å². The van der Waals surface area contributed by atoms with Crippen molar-refractivity contribution in [2.75, 3.05) is 12.4 Å². The van der Waals surface area contributed by atoms with Crippen LogP contribution in [0.25, 0.3) is 0 Å². The molecule has 112 valence electrons. The molecule has 0 heterocycles. The molecule has 0 fully saturated rings. The van der Waals surface area contributed by atoms with Gasteiger partial charge in [-0.3, -0.25) is 0 Å². The van der Waals surface area contributed by atoms with Crippen molar-refractivity contribution in [2.24, 2.45) is 0 Å². The zero-order chi connectivity index (χ0) is 15.8. The van der Waals surface area contributed by atoms with E-state index in [1.807, 2.05) is 6.92 Å². The van der Waals surface area contributed by atoms with Crippen molar-refractivity contribution in [3.8, 4) is 18.1 Å². The van der Waals surface area contributed by atoms with Crippen LogP contribution in [0.15, 0.2) is 18.2 Å². The minimum absolute atomic E-state index is 0.0290. The van der Waals surface area contributed by atoms with Gasteiger partial charge in [-0.15, -0.1) is 6.42 Å². The van der Waals surface area contributed by atoms with Crippen molar-refractivity contribution in [3.05, 3.63) is 23.8 Å². The van der Waals surface area contributed by atoms with Crippen LogP contribution in [0.3, 0.4) is 0 Å². The molecule has 0 aliphatic heterocycles. The van der Waals surface area contributed by atoms with Gasteiger partial charge < -0.3 is 20.5 Å². The molecular weight excluding hydrogens is 272 g/mol. The number of hydrogen-bond donors (Lipinski definition) is 3. The standard InChI is InChI=1S/C15H18N2O4/c1-4-6-10(5-2)16-15(20)17-13-9-11(21-3)7-8-12(13)14(18)19/h2,7-10H,4,6H2,1,3H3,(H,18,19)(H2,16,17,20). The highest BCUT2D eigenvalue weighted by Crippen LogP contribution is 2.22. The van der Waals surface area contributed by atoms with Crippen LogP contribution in [0, 0.1) is 12.3 Å². The summed E-state index contributed by atoms with van der Waals surface area (Å²) >= 11 is 0. The fourth-order valence-corrected chi connectivity index (χ4v) is 1.74. The first-order chi connectivity index (χ1) is 10.0. The number of aromatic carboxylic acids is 1. The number of carboxylic acid groups (broad SMARTS) is 1. The third-order valence-corrected chi connectivity index (χ3v) is 2.79. The summed E-state index contributed by atoms with van der Waals surface area (Å²) < 4.78 is 5.02. The molecule has 1 aromatic rings. The lowest BCUT2D eigenvalue weighted by Gasteiger charge is -2.14. The third-order valence-electron chi connectivity index (χ3n) is 2.79. The molecule has 6 heteroatoms. The SMILES string of the molecule is C#CC(CCC)NC(=O)Nc1cc(OC)ccc1C(=O)O. The van der Waals surface area contributed by atoms with Gasteiger partial charge in [-0.1, -0.05) is 19.3 Å². The zero-order valence-corrected chi connectivity index (χ0v) is 12.0. The van der Waals surface area contributed by atoms with Crippen molar-refractivity contribution >= 4 is 17.7 Å². The Labute approximate surface area is 123 Å². The molecule has 1 unspecified atom stereocenters. The first kappa shape index (κ1) is 16.4. The summed E-state index contributed by atoms with van der Waals surface area (Å²) in [5, 5.41) is 14.2. The first-order valence-electron chi connectivity index (χ1n) is 6.46. The van der Waals surface area contributed by atoms with E-state index in [1.54, 1.807) is 0 Å². The highest BCUT2D eigenvalue weighted by molar-refractivity contribution is 6.00. The predicted molar refractivity (Wildman–Crippen MR) is 79.6 cm³/mol. The topological polar surface area (TPSA) is 87.7 Å². The second kappa shape index (κ2) is 7.80. The molecule has 0 bridgehead atoms. The number of methoxy groups -OCH3 is 1. The Balaban J connectivity index is 2.88. The molecule has 0 aromatic heterocycles. The summed E-state index contributed by atoms with van der Waals surface area (Å²) in [5.41, 5.74) is 0.116. The summed E-state index contributed by atoms with van der Waals surface area (Å²) in [6.45, 7) is 1.95. The van der Waals surface area contributed by atoms with Crippen LogP contribution in [0.4, 0.5) is 10.5 Å². The summed E-state index contributed by atoms with van der Waals surface area (Å²) in [6, 6.07) is 3.36. The molecule has 21 heavy (non-hydrogen) atoms. The monoisotopic (exact) mass is 290 g/mol. The second-order valence-electron chi connectivity index (χ2n) is 4.32. The molecule has 0 radical (unpaired) electrons. The van der Waals surface area contributed by atoms with Gasteiger partial charge in [0.15, 0.2) is 0 Å². The minimum Gasteiger partial charge on any atom is -0.497 e. The summed E-state index contributed by atoms with van der Waals surface area (Å²) in [7, 11) is 1.45. The maximum absolute atomic E-state index is 11.9. The van der Waals surface area contributed by atoms with Gasteiger partial charge in [-0.25, -0.2) is 9.59 Å². The maximum atomic E-state index is 11.9. The van der Waals surface area contributed by atoms with E-state index in [0.717, 1.165) is 6.42 Å². The van der Waals surface area contributed by atoms with E-state index < -0.39 is 18.0 Å². The van der Waals surface area contributed by atoms with Gasteiger partial charge in [0, 0.05) is 6.07 Å². The molecule has 6 nitrogen and oxygen atoms in total. The van der Waals surface area contributed by atoms with Gasteiger partial charge in [0.05, 0.1) is 24.4 Å². The number of carbonyl (C=O) groups is 2. The molecular formula is C15H18N2O4. The van der Waals surface area contributed by atoms with Gasteiger partial charge in [-0.05, 0) is 18.6 Å². The maximum Gasteiger partial charge on any atom is 0.337 e. The molecule has 0 spiro atoms. The van der Waals surface area contributed by atoms with E-state index in [0.29, 0.717) is 12.2 Å². The molecule has 0 aliphatic rings. The average Bonchev–Trinajstić information content (AvgIpc) is 2.46. The first-order valence-corrected chi connectivity index (χ1v) is 6.46. The Morgan fingerprint density at radius 1 is 1.48 bits per heavy atom. The number of carbonyl (C=O) groups excluding carboxylic acids is 1. The lowest BCUT2D eigenvalue weighted by atomic mass is 10.1. The fourth-order valence-electron chi connectivity index (χ4n) is 1.74. The number of nitrogens with one attached hydrogen (secondary N) is 2. The molecule has 1 aromatic carbocycles. The molecule has 0 saturated carbocycles. The lowest BCUT2D eigenvalue weighted by molar-refractivity contribution is 0.0698. The third kappa shape index (κ3) is 4.73. The Bertz CT molecular complexity index is 563. The highest BCUT2D eigenvalue weighted by atomic mass is 16.5. The minimum atomic E-state index is -1.14. The molecule has 1 rings (SSSR count). The van der Waals surface area contributed by atoms with Gasteiger partial charge in [0.2, 0.25) is 0 Å². The molecule has 0 aliphatic carbocycles. The van der Waals surface area contributed by atoms with Gasteiger partial charge >= 0.3 is 12.0 Å². The molecule has 3 N–H and O–H groups in total. The Morgan fingerprint density at radius 2 is 2.19 bits per heavy atom. The van der Waals surface area contributed by atoms with Crippen LogP contribution in [-0.2, 0) is 0 Å². The van der Waals surface area contributed by atoms with Crippen LogP contribution in [0.2, 0.25) is 0 Å². The molecule has 0 saturated heterocycles. The van der Waals surface area contributed by atoms with E-state index in [9.17, 15) is 9.59 Å². The average molecular weight is 290 g/mol. The Hall–Kier alpha value is -2.68. The van der Waals surface area contributed by atoms with E-state index in [4.69, 9.17) is 16.3 Å². The van der Waals surface area contributed by atoms with Gasteiger partial charge in [0.25, 0.3) is 0 Å². The zero-order valence-electron chi connectivity index (χ0n) is 12.0. The van der Waals surface area contributed by atoms with Crippen molar-refractivity contribution in [3.63, 3.8) is 0 Å². The number of hydrogen-bond acceptors (Lipinski definition) is 3. The van der Waals surface area contributed by atoms with Gasteiger partial charge in [-0.2, -0.15) is 0 Å². The number of amides is 2. The molecule has 2 amide bonds. The number of ether oxygens (including phenoxy) is 1. The van der Waals surface area contributed by atoms with Crippen molar-refractivity contribution in [2.45, 2.75) is 25.8 Å². The number of rotatable bonds is 6. The van der Waals surface area contributed by atoms with Crippen LogP contribution in [0.1, 0.15) is 30.1 Å². The van der Waals surface area contributed by atoms with Gasteiger partial charge in [0.1, 0.15) is 5.75 Å². The molecule has 1 atom stereocenters. The number of urea groups is 1. The quantitative estimate of drug-likeness (QED) is 0.702. The second-order valence-corrected chi connectivity index (χ2v) is 4.32. The number of benzene rings is 1. The predicted octanol–water partition coefficient (Wildman–Crippen LogP) is 2.32. The van der Waals surface area contributed by atoms with Crippen molar-refractivity contribution in [1.29, 1.82) is 0 Å². The van der Waals surface area contributed by atoms with Crippen LogP contribution in [-0.4, -0.2) is 30.3 Å². The van der Waals surface area contributed by atoms with Crippen molar-refractivity contribution in [1.82, 2.24) is 5.32 Å². The fraction of sp³-hybridized carbons (Fsp3) is 0.333. The van der Waals surface area contributed by atoms with E-state index in [-0.39, 0.29) is 11.3 Å². The number of carboxylic acids is 1. The number of anilines is 1. The van der Waals surface area contributed by atoms with E-state index in [2.05, 4.69) is 16.6 Å². The van der Waals surface area contributed by atoms with Crippen LogP contribution >= 0.6 is 0 Å². The Kier molecular flexibility index (Phi) is 6.08.